The van der Waals surface area contributed by atoms with E-state index >= 15 is 0 Å². The van der Waals surface area contributed by atoms with E-state index in [2.05, 4.69) is 0 Å². The summed E-state index contributed by atoms with van der Waals surface area (Å²) in [6.45, 7) is 5.57. The predicted molar refractivity (Wildman–Crippen MR) is 56.2 cm³/mol. The largest absolute Gasteiger partial charge is 0.390 e. The van der Waals surface area contributed by atoms with Crippen LogP contribution < -0.4 is 0 Å². The first-order valence-corrected chi connectivity index (χ1v) is 4.74. The Balaban J connectivity index is 2.96. The maximum absolute atomic E-state index is 9.64. The number of halogens is 1. The second-order valence-corrected chi connectivity index (χ2v) is 4.42. The molecule has 1 aromatic carbocycles. The fourth-order valence-electron chi connectivity index (χ4n) is 1.31. The molecule has 1 aromatic rings. The number of benzene rings is 1. The number of rotatable bonds is 2. The number of aliphatic hydroxyl groups is 1. The molecule has 0 fully saturated rings. The molecule has 2 heteroatoms. The highest BCUT2D eigenvalue weighted by Gasteiger charge is 2.15. The maximum atomic E-state index is 9.64. The molecule has 0 aliphatic heterocycles. The van der Waals surface area contributed by atoms with Gasteiger partial charge in [0.2, 0.25) is 0 Å². The molecule has 0 radical (unpaired) electrons. The summed E-state index contributed by atoms with van der Waals surface area (Å²) in [5.74, 6) is 0. The van der Waals surface area contributed by atoms with Gasteiger partial charge in [-0.1, -0.05) is 23.7 Å². The van der Waals surface area contributed by atoms with Gasteiger partial charge in [-0.25, -0.2) is 0 Å². The van der Waals surface area contributed by atoms with Gasteiger partial charge in [-0.15, -0.1) is 0 Å². The lowest BCUT2D eigenvalue weighted by molar-refractivity contribution is 0.0808. The van der Waals surface area contributed by atoms with Gasteiger partial charge >= 0.3 is 0 Å². The molecular weight excluding hydrogens is 184 g/mol. The summed E-state index contributed by atoms with van der Waals surface area (Å²) in [5.41, 5.74) is 1.50. The molecule has 0 aromatic heterocycles. The van der Waals surface area contributed by atoms with Gasteiger partial charge in [0.15, 0.2) is 0 Å². The second kappa shape index (κ2) is 3.69. The highest BCUT2D eigenvalue weighted by molar-refractivity contribution is 6.31. The summed E-state index contributed by atoms with van der Waals surface area (Å²) >= 11 is 5.96. The van der Waals surface area contributed by atoms with Gasteiger partial charge in [-0.05, 0) is 38.0 Å². The zero-order valence-electron chi connectivity index (χ0n) is 8.26. The summed E-state index contributed by atoms with van der Waals surface area (Å²) in [6, 6.07) is 5.78. The molecule has 0 aliphatic carbocycles. The van der Waals surface area contributed by atoms with Crippen molar-refractivity contribution in [2.24, 2.45) is 0 Å². The fraction of sp³-hybridized carbons (Fsp3) is 0.455. The van der Waals surface area contributed by atoms with E-state index in [0.717, 1.165) is 16.1 Å². The van der Waals surface area contributed by atoms with Crippen LogP contribution in [0.3, 0.4) is 0 Å². The van der Waals surface area contributed by atoms with Crippen LogP contribution in [0.2, 0.25) is 5.02 Å². The van der Waals surface area contributed by atoms with Crippen LogP contribution in [-0.4, -0.2) is 10.7 Å². The molecule has 1 N–H and O–H groups in total. The zero-order chi connectivity index (χ0) is 10.1. The first kappa shape index (κ1) is 10.6. The van der Waals surface area contributed by atoms with Crippen LogP contribution in [-0.2, 0) is 6.42 Å². The minimum Gasteiger partial charge on any atom is -0.390 e. The molecule has 0 bridgehead atoms. The van der Waals surface area contributed by atoms with E-state index in [1.54, 1.807) is 13.8 Å². The molecule has 0 spiro atoms. The lowest BCUT2D eigenvalue weighted by Gasteiger charge is -2.18. The molecule has 13 heavy (non-hydrogen) atoms. The Morgan fingerprint density at radius 1 is 1.38 bits per heavy atom. The molecule has 1 nitrogen and oxygen atoms in total. The van der Waals surface area contributed by atoms with Crippen LogP contribution in [0.5, 0.6) is 0 Å². The molecule has 0 heterocycles. The van der Waals surface area contributed by atoms with E-state index in [1.807, 2.05) is 25.1 Å². The van der Waals surface area contributed by atoms with Gasteiger partial charge in [0.05, 0.1) is 5.60 Å². The number of hydrogen-bond donors (Lipinski definition) is 1. The quantitative estimate of drug-likeness (QED) is 0.775. The van der Waals surface area contributed by atoms with Gasteiger partial charge in [-0.3, -0.25) is 0 Å². The van der Waals surface area contributed by atoms with Crippen molar-refractivity contribution < 1.29 is 5.11 Å². The van der Waals surface area contributed by atoms with Gasteiger partial charge < -0.3 is 5.11 Å². The van der Waals surface area contributed by atoms with Gasteiger partial charge in [-0.2, -0.15) is 0 Å². The Hall–Kier alpha value is -0.530. The first-order chi connectivity index (χ1) is 5.90. The van der Waals surface area contributed by atoms with Gasteiger partial charge in [0.1, 0.15) is 0 Å². The van der Waals surface area contributed by atoms with E-state index < -0.39 is 5.60 Å². The predicted octanol–water partition coefficient (Wildman–Crippen LogP) is 2.96. The first-order valence-electron chi connectivity index (χ1n) is 4.36. The molecule has 0 aliphatic rings. The van der Waals surface area contributed by atoms with E-state index in [9.17, 15) is 5.11 Å². The van der Waals surface area contributed by atoms with Crippen molar-refractivity contribution in [3.63, 3.8) is 0 Å². The van der Waals surface area contributed by atoms with Crippen molar-refractivity contribution in [2.75, 3.05) is 0 Å². The Morgan fingerprint density at radius 2 is 2.00 bits per heavy atom. The summed E-state index contributed by atoms with van der Waals surface area (Å²) in [6.07, 6.45) is 0.638. The van der Waals surface area contributed by atoms with Crippen molar-refractivity contribution in [1.29, 1.82) is 0 Å². The molecule has 72 valence electrons. The van der Waals surface area contributed by atoms with Gasteiger partial charge in [0, 0.05) is 11.4 Å². The summed E-state index contributed by atoms with van der Waals surface area (Å²) in [7, 11) is 0. The Kier molecular flexibility index (Phi) is 2.99. The lowest BCUT2D eigenvalue weighted by Crippen LogP contribution is -2.22. The standard InChI is InChI=1S/C11H15ClO/c1-8-9(7-11(2,3)13)5-4-6-10(8)12/h4-6,13H,7H2,1-3H3. The van der Waals surface area contributed by atoms with E-state index in [-0.39, 0.29) is 0 Å². The van der Waals surface area contributed by atoms with Crippen molar-refractivity contribution in [1.82, 2.24) is 0 Å². The Bertz CT molecular complexity index is 299. The smallest absolute Gasteiger partial charge is 0.0632 e. The van der Waals surface area contributed by atoms with E-state index in [0.29, 0.717) is 6.42 Å². The van der Waals surface area contributed by atoms with Crippen LogP contribution in [0.1, 0.15) is 25.0 Å². The Labute approximate surface area is 84.4 Å². The molecule has 1 rings (SSSR count). The minimum atomic E-state index is -0.671. The third kappa shape index (κ3) is 3.02. The van der Waals surface area contributed by atoms with Crippen LogP contribution in [0.15, 0.2) is 18.2 Å². The molecule has 0 saturated carbocycles. The minimum absolute atomic E-state index is 0.638. The maximum Gasteiger partial charge on any atom is 0.0632 e. The van der Waals surface area contributed by atoms with Crippen molar-refractivity contribution in [3.8, 4) is 0 Å². The summed E-state index contributed by atoms with van der Waals surface area (Å²) in [4.78, 5) is 0. The molecule has 0 saturated heterocycles. The van der Waals surface area contributed by atoms with Crippen molar-refractivity contribution >= 4 is 11.6 Å². The molecule has 0 atom stereocenters. The van der Waals surface area contributed by atoms with Crippen molar-refractivity contribution in [2.45, 2.75) is 32.8 Å². The SMILES string of the molecule is Cc1c(Cl)cccc1CC(C)(C)O. The van der Waals surface area contributed by atoms with Crippen LogP contribution in [0.25, 0.3) is 0 Å². The summed E-state index contributed by atoms with van der Waals surface area (Å²) < 4.78 is 0. The second-order valence-electron chi connectivity index (χ2n) is 4.01. The summed E-state index contributed by atoms with van der Waals surface area (Å²) in [5, 5.41) is 10.4. The van der Waals surface area contributed by atoms with Crippen LogP contribution in [0.4, 0.5) is 0 Å². The molecule has 0 amide bonds. The van der Waals surface area contributed by atoms with Crippen LogP contribution >= 0.6 is 11.6 Å². The zero-order valence-corrected chi connectivity index (χ0v) is 9.02. The highest BCUT2D eigenvalue weighted by Crippen LogP contribution is 2.22. The monoisotopic (exact) mass is 198 g/mol. The molecular formula is C11H15ClO. The number of hydrogen-bond acceptors (Lipinski definition) is 1. The lowest BCUT2D eigenvalue weighted by atomic mass is 9.95. The average Bonchev–Trinajstić information content (AvgIpc) is 1.96. The highest BCUT2D eigenvalue weighted by atomic mass is 35.5. The third-order valence-corrected chi connectivity index (χ3v) is 2.41. The van der Waals surface area contributed by atoms with Gasteiger partial charge in [0.25, 0.3) is 0 Å². The Morgan fingerprint density at radius 3 is 2.54 bits per heavy atom. The normalized spacial score (nSPS) is 11.8. The van der Waals surface area contributed by atoms with Crippen LogP contribution in [0, 0.1) is 6.92 Å². The molecule has 0 unspecified atom stereocenters. The fourth-order valence-corrected chi connectivity index (χ4v) is 1.50. The van der Waals surface area contributed by atoms with E-state index in [4.69, 9.17) is 11.6 Å². The van der Waals surface area contributed by atoms with E-state index in [1.165, 1.54) is 0 Å². The topological polar surface area (TPSA) is 20.2 Å². The van der Waals surface area contributed by atoms with Crippen molar-refractivity contribution in [3.05, 3.63) is 34.3 Å². The third-order valence-electron chi connectivity index (χ3n) is 2.00. The average molecular weight is 199 g/mol.